The Morgan fingerprint density at radius 2 is 1.68 bits per heavy atom. The fourth-order valence-electron chi connectivity index (χ4n) is 1.37. The van der Waals surface area contributed by atoms with Crippen LogP contribution in [0.4, 0.5) is 4.79 Å². The molecule has 0 spiro atoms. The highest BCUT2D eigenvalue weighted by atomic mass is 16.5. The first-order chi connectivity index (χ1) is 9.19. The summed E-state index contributed by atoms with van der Waals surface area (Å²) in [5.74, 6) is 1.90. The van der Waals surface area contributed by atoms with E-state index in [0.29, 0.717) is 37.0 Å². The number of benzene rings is 1. The average Bonchev–Trinajstić information content (AvgIpc) is 2.43. The van der Waals surface area contributed by atoms with Crippen molar-refractivity contribution in [1.29, 1.82) is 0 Å². The van der Waals surface area contributed by atoms with Gasteiger partial charge in [-0.15, -0.1) is 0 Å². The third-order valence-corrected chi connectivity index (χ3v) is 2.24. The highest BCUT2D eigenvalue weighted by Gasteiger charge is 2.03. The molecule has 0 aliphatic rings. The number of carbonyl (C=O) groups excluding carboxylic acids is 1. The summed E-state index contributed by atoms with van der Waals surface area (Å²) in [5, 5.41) is 2.56. The normalized spacial score (nSPS) is 9.63. The summed E-state index contributed by atoms with van der Waals surface area (Å²) >= 11 is 0. The second-order valence-electron chi connectivity index (χ2n) is 3.54. The molecule has 0 aliphatic heterocycles. The summed E-state index contributed by atoms with van der Waals surface area (Å²) in [6.07, 6.45) is -0.450. The summed E-state index contributed by atoms with van der Waals surface area (Å²) in [5.41, 5.74) is 0. The van der Waals surface area contributed by atoms with Crippen LogP contribution in [-0.2, 0) is 4.74 Å². The molecule has 106 valence electrons. The molecule has 1 N–H and O–H groups in total. The summed E-state index contributed by atoms with van der Waals surface area (Å²) in [4.78, 5) is 11.0. The lowest BCUT2D eigenvalue weighted by Crippen LogP contribution is -2.28. The maximum atomic E-state index is 11.0. The zero-order valence-corrected chi connectivity index (χ0v) is 11.4. The number of amides is 1. The SMILES string of the molecule is CCOC(=O)NCCOc1cc(OC)cc(OC)c1. The first-order valence-corrected chi connectivity index (χ1v) is 5.96. The van der Waals surface area contributed by atoms with Crippen LogP contribution in [0.2, 0.25) is 0 Å². The number of methoxy groups -OCH3 is 2. The van der Waals surface area contributed by atoms with Crippen LogP contribution in [0, 0.1) is 0 Å². The first-order valence-electron chi connectivity index (χ1n) is 5.96. The second kappa shape index (κ2) is 8.07. The van der Waals surface area contributed by atoms with Gasteiger partial charge in [0.2, 0.25) is 0 Å². The lowest BCUT2D eigenvalue weighted by Gasteiger charge is -2.10. The van der Waals surface area contributed by atoms with Crippen LogP contribution in [0.25, 0.3) is 0 Å². The van der Waals surface area contributed by atoms with E-state index in [4.69, 9.17) is 18.9 Å². The molecule has 1 aromatic carbocycles. The summed E-state index contributed by atoms with van der Waals surface area (Å²) in [6.45, 7) is 2.78. The van der Waals surface area contributed by atoms with Crippen LogP contribution in [-0.4, -0.2) is 40.1 Å². The van der Waals surface area contributed by atoms with Gasteiger partial charge in [-0.1, -0.05) is 0 Å². The van der Waals surface area contributed by atoms with Gasteiger partial charge in [-0.2, -0.15) is 0 Å². The highest BCUT2D eigenvalue weighted by Crippen LogP contribution is 2.27. The number of alkyl carbamates (subject to hydrolysis) is 1. The molecule has 0 radical (unpaired) electrons. The van der Waals surface area contributed by atoms with Gasteiger partial charge in [0.05, 0.1) is 27.4 Å². The molecule has 0 fully saturated rings. The Balaban J connectivity index is 2.42. The summed E-state index contributed by atoms with van der Waals surface area (Å²) in [7, 11) is 3.14. The number of hydrogen-bond acceptors (Lipinski definition) is 5. The van der Waals surface area contributed by atoms with Crippen molar-refractivity contribution >= 4 is 6.09 Å². The standard InChI is InChI=1S/C13H19NO5/c1-4-18-13(15)14-5-6-19-12-8-10(16-2)7-11(9-12)17-3/h7-9H,4-6H2,1-3H3,(H,14,15). The molecule has 19 heavy (non-hydrogen) atoms. The van der Waals surface area contributed by atoms with Crippen LogP contribution < -0.4 is 19.5 Å². The predicted octanol–water partition coefficient (Wildman–Crippen LogP) is 1.83. The van der Waals surface area contributed by atoms with Crippen molar-refractivity contribution in [1.82, 2.24) is 5.32 Å². The van der Waals surface area contributed by atoms with Crippen LogP contribution in [0.15, 0.2) is 18.2 Å². The fraction of sp³-hybridized carbons (Fsp3) is 0.462. The number of ether oxygens (including phenoxy) is 4. The van der Waals surface area contributed by atoms with E-state index >= 15 is 0 Å². The molecular weight excluding hydrogens is 250 g/mol. The number of rotatable bonds is 7. The van der Waals surface area contributed by atoms with Gasteiger partial charge in [0.15, 0.2) is 0 Å². The molecular formula is C13H19NO5. The third kappa shape index (κ3) is 5.37. The van der Waals surface area contributed by atoms with E-state index in [1.54, 1.807) is 39.3 Å². The van der Waals surface area contributed by atoms with Crippen LogP contribution >= 0.6 is 0 Å². The molecule has 0 atom stereocenters. The van der Waals surface area contributed by atoms with Crippen molar-refractivity contribution in [2.75, 3.05) is 34.0 Å². The van der Waals surface area contributed by atoms with E-state index in [9.17, 15) is 4.79 Å². The van der Waals surface area contributed by atoms with Gasteiger partial charge in [-0.05, 0) is 6.92 Å². The Morgan fingerprint density at radius 3 is 2.21 bits per heavy atom. The number of hydrogen-bond donors (Lipinski definition) is 1. The van der Waals surface area contributed by atoms with Gasteiger partial charge in [0.1, 0.15) is 23.9 Å². The maximum absolute atomic E-state index is 11.0. The summed E-state index contributed by atoms with van der Waals surface area (Å²) < 4.78 is 20.5. The number of carbonyl (C=O) groups is 1. The third-order valence-electron chi connectivity index (χ3n) is 2.24. The molecule has 0 bridgehead atoms. The van der Waals surface area contributed by atoms with Crippen LogP contribution in [0.5, 0.6) is 17.2 Å². The fourth-order valence-corrected chi connectivity index (χ4v) is 1.37. The second-order valence-corrected chi connectivity index (χ2v) is 3.54. The van der Waals surface area contributed by atoms with Gasteiger partial charge in [0, 0.05) is 18.2 Å². The topological polar surface area (TPSA) is 66.0 Å². The smallest absolute Gasteiger partial charge is 0.407 e. The lowest BCUT2D eigenvalue weighted by atomic mass is 10.3. The van der Waals surface area contributed by atoms with Gasteiger partial charge in [0.25, 0.3) is 0 Å². The van der Waals surface area contributed by atoms with E-state index < -0.39 is 6.09 Å². The molecule has 1 amide bonds. The van der Waals surface area contributed by atoms with Crippen molar-refractivity contribution < 1.29 is 23.7 Å². The molecule has 0 aliphatic carbocycles. The Labute approximate surface area is 112 Å². The van der Waals surface area contributed by atoms with Crippen LogP contribution in [0.3, 0.4) is 0 Å². The Bertz CT molecular complexity index is 386. The first kappa shape index (κ1) is 14.9. The summed E-state index contributed by atoms with van der Waals surface area (Å²) in [6, 6.07) is 5.24. The van der Waals surface area contributed by atoms with E-state index in [1.165, 1.54) is 0 Å². The van der Waals surface area contributed by atoms with E-state index in [1.807, 2.05) is 0 Å². The highest BCUT2D eigenvalue weighted by molar-refractivity contribution is 5.66. The molecule has 6 heteroatoms. The minimum atomic E-state index is -0.450. The van der Waals surface area contributed by atoms with Crippen molar-refractivity contribution in [3.8, 4) is 17.2 Å². The van der Waals surface area contributed by atoms with Crippen molar-refractivity contribution in [3.05, 3.63) is 18.2 Å². The van der Waals surface area contributed by atoms with Crippen molar-refractivity contribution in [3.63, 3.8) is 0 Å². The van der Waals surface area contributed by atoms with Crippen molar-refractivity contribution in [2.45, 2.75) is 6.92 Å². The lowest BCUT2D eigenvalue weighted by molar-refractivity contribution is 0.150. The van der Waals surface area contributed by atoms with E-state index in [2.05, 4.69) is 5.32 Å². The van der Waals surface area contributed by atoms with Crippen LogP contribution in [0.1, 0.15) is 6.92 Å². The van der Waals surface area contributed by atoms with Crippen molar-refractivity contribution in [2.24, 2.45) is 0 Å². The quantitative estimate of drug-likeness (QED) is 0.765. The Hall–Kier alpha value is -2.11. The molecule has 0 saturated heterocycles. The molecule has 1 aromatic rings. The molecule has 1 rings (SSSR count). The van der Waals surface area contributed by atoms with E-state index in [-0.39, 0.29) is 0 Å². The average molecular weight is 269 g/mol. The molecule has 0 unspecified atom stereocenters. The van der Waals surface area contributed by atoms with E-state index in [0.717, 1.165) is 0 Å². The van der Waals surface area contributed by atoms with Gasteiger partial charge >= 0.3 is 6.09 Å². The zero-order valence-electron chi connectivity index (χ0n) is 11.4. The zero-order chi connectivity index (χ0) is 14.1. The molecule has 0 heterocycles. The van der Waals surface area contributed by atoms with Gasteiger partial charge in [-0.25, -0.2) is 4.79 Å². The van der Waals surface area contributed by atoms with Gasteiger partial charge < -0.3 is 24.3 Å². The molecule has 0 saturated carbocycles. The maximum Gasteiger partial charge on any atom is 0.407 e. The van der Waals surface area contributed by atoms with Gasteiger partial charge in [-0.3, -0.25) is 0 Å². The number of nitrogens with one attached hydrogen (secondary N) is 1. The monoisotopic (exact) mass is 269 g/mol. The minimum Gasteiger partial charge on any atom is -0.496 e. The molecule has 0 aromatic heterocycles. The predicted molar refractivity (Wildman–Crippen MR) is 70.1 cm³/mol. The molecule has 6 nitrogen and oxygen atoms in total. The minimum absolute atomic E-state index is 0.329. The largest absolute Gasteiger partial charge is 0.496 e. The Kier molecular flexibility index (Phi) is 6.35. The Morgan fingerprint density at radius 1 is 1.11 bits per heavy atom.